The molecule has 0 radical (unpaired) electrons. The van der Waals surface area contributed by atoms with E-state index in [1.165, 1.54) is 6.92 Å². The van der Waals surface area contributed by atoms with Crippen LogP contribution in [0.5, 0.6) is 0 Å². The SMILES string of the molecule is CC(=O)OCC1=C(C(=O)OC(c2ccccc2)c2ccccc2)N2C(=O)C(NC=O)[C@H]2S(=O)C1. The lowest BCUT2D eigenvalue weighted by atomic mass is 10.0. The molecule has 0 aliphatic carbocycles. The summed E-state index contributed by atoms with van der Waals surface area (Å²) in [6, 6.07) is 17.2. The summed E-state index contributed by atoms with van der Waals surface area (Å²) >= 11 is 0. The van der Waals surface area contributed by atoms with Gasteiger partial charge in [-0.1, -0.05) is 60.7 Å². The van der Waals surface area contributed by atoms with Crippen molar-refractivity contribution in [2.45, 2.75) is 24.4 Å². The van der Waals surface area contributed by atoms with E-state index in [1.807, 2.05) is 60.7 Å². The number of rotatable bonds is 8. The minimum absolute atomic E-state index is 0.107. The molecule has 2 aliphatic heterocycles. The van der Waals surface area contributed by atoms with Gasteiger partial charge >= 0.3 is 11.9 Å². The number of ether oxygens (including phenoxy) is 2. The van der Waals surface area contributed by atoms with Gasteiger partial charge in [-0.05, 0) is 11.1 Å². The number of benzene rings is 2. The van der Waals surface area contributed by atoms with E-state index in [2.05, 4.69) is 5.32 Å². The van der Waals surface area contributed by atoms with E-state index in [4.69, 9.17) is 9.47 Å². The van der Waals surface area contributed by atoms with Gasteiger partial charge in [0.2, 0.25) is 6.41 Å². The van der Waals surface area contributed by atoms with Crippen LogP contribution in [0.4, 0.5) is 0 Å². The molecule has 1 fully saturated rings. The molecule has 2 unspecified atom stereocenters. The van der Waals surface area contributed by atoms with Crippen LogP contribution in [-0.2, 0) is 39.5 Å². The molecule has 2 aromatic rings. The van der Waals surface area contributed by atoms with E-state index < -0.39 is 46.2 Å². The minimum Gasteiger partial charge on any atom is -0.461 e. The summed E-state index contributed by atoms with van der Waals surface area (Å²) in [5, 5.41) is 1.44. The maximum Gasteiger partial charge on any atom is 0.356 e. The molecule has 1 N–H and O–H groups in total. The van der Waals surface area contributed by atoms with Crippen LogP contribution in [0, 0.1) is 0 Å². The van der Waals surface area contributed by atoms with Crippen LogP contribution in [-0.4, -0.2) is 57.1 Å². The highest BCUT2D eigenvalue weighted by atomic mass is 32.2. The second kappa shape index (κ2) is 10.0. The van der Waals surface area contributed by atoms with E-state index in [9.17, 15) is 23.4 Å². The highest BCUT2D eigenvalue weighted by molar-refractivity contribution is 7.86. The van der Waals surface area contributed by atoms with Crippen LogP contribution in [0.1, 0.15) is 24.2 Å². The van der Waals surface area contributed by atoms with Crippen molar-refractivity contribution < 1.29 is 32.9 Å². The third-order valence-corrected chi connectivity index (χ3v) is 7.18. The Kier molecular flexibility index (Phi) is 6.87. The van der Waals surface area contributed by atoms with Crippen molar-refractivity contribution in [3.05, 3.63) is 83.1 Å². The molecule has 3 atom stereocenters. The Morgan fingerprint density at radius 3 is 2.24 bits per heavy atom. The number of amides is 2. The second-order valence-corrected chi connectivity index (χ2v) is 9.26. The topological polar surface area (TPSA) is 119 Å². The van der Waals surface area contributed by atoms with Crippen molar-refractivity contribution in [3.63, 3.8) is 0 Å². The van der Waals surface area contributed by atoms with Crippen LogP contribution in [0.2, 0.25) is 0 Å². The number of nitrogens with zero attached hydrogens (tertiary/aromatic N) is 1. The van der Waals surface area contributed by atoms with Gasteiger partial charge < -0.3 is 14.8 Å². The van der Waals surface area contributed by atoms with Crippen molar-refractivity contribution in [2.24, 2.45) is 0 Å². The summed E-state index contributed by atoms with van der Waals surface area (Å²) in [5.74, 6) is -2.10. The molecule has 2 aliphatic rings. The minimum atomic E-state index is -1.62. The third-order valence-electron chi connectivity index (χ3n) is 5.52. The number of β-lactam (4-membered cyclic amide) rings is 1. The van der Waals surface area contributed by atoms with Crippen LogP contribution in [0.3, 0.4) is 0 Å². The Balaban J connectivity index is 1.71. The third kappa shape index (κ3) is 4.49. The molecule has 10 heteroatoms. The predicted molar refractivity (Wildman–Crippen MR) is 121 cm³/mol. The molecule has 0 bridgehead atoms. The van der Waals surface area contributed by atoms with E-state index in [1.54, 1.807) is 0 Å². The van der Waals surface area contributed by atoms with Gasteiger partial charge in [-0.15, -0.1) is 0 Å². The normalized spacial score (nSPS) is 21.4. The van der Waals surface area contributed by atoms with Gasteiger partial charge in [0, 0.05) is 12.5 Å². The summed E-state index contributed by atoms with van der Waals surface area (Å²) in [5.41, 5.74) is 1.54. The number of esters is 2. The van der Waals surface area contributed by atoms with Gasteiger partial charge in [-0.2, -0.15) is 0 Å². The fraction of sp³-hybridized carbons (Fsp3) is 0.250. The Bertz CT molecular complexity index is 1130. The Hall–Kier alpha value is -3.79. The van der Waals surface area contributed by atoms with Gasteiger partial charge in [-0.3, -0.25) is 23.5 Å². The quantitative estimate of drug-likeness (QED) is 0.341. The highest BCUT2D eigenvalue weighted by Gasteiger charge is 2.57. The lowest BCUT2D eigenvalue weighted by Crippen LogP contribution is -2.73. The first-order valence-electron chi connectivity index (χ1n) is 10.5. The lowest BCUT2D eigenvalue weighted by Gasteiger charge is -2.48. The van der Waals surface area contributed by atoms with Crippen molar-refractivity contribution in [1.82, 2.24) is 10.2 Å². The Morgan fingerprint density at radius 2 is 1.71 bits per heavy atom. The van der Waals surface area contributed by atoms with Crippen LogP contribution in [0.25, 0.3) is 0 Å². The second-order valence-electron chi connectivity index (χ2n) is 7.73. The van der Waals surface area contributed by atoms with Crippen molar-refractivity contribution in [2.75, 3.05) is 12.4 Å². The standard InChI is InChI=1S/C24H22N2O7S/c1-15(28)32-12-18-13-34(31)23-19(25-14-27)22(29)26(23)20(18)24(30)33-21(16-8-4-2-5-9-16)17-10-6-3-7-11-17/h2-11,14,19,21,23H,12-13H2,1H3,(H,25,27)/t19?,23-,34?/m1/s1. The smallest absolute Gasteiger partial charge is 0.356 e. The zero-order valence-electron chi connectivity index (χ0n) is 18.2. The van der Waals surface area contributed by atoms with Crippen LogP contribution in [0.15, 0.2) is 71.9 Å². The number of hydrogen-bond donors (Lipinski definition) is 1. The first kappa shape index (κ1) is 23.4. The predicted octanol–water partition coefficient (Wildman–Crippen LogP) is 1.18. The molecule has 2 amide bonds. The largest absolute Gasteiger partial charge is 0.461 e. The maximum atomic E-state index is 13.5. The summed E-state index contributed by atoms with van der Waals surface area (Å²) in [6.45, 7) is 0.899. The first-order valence-corrected chi connectivity index (χ1v) is 11.9. The van der Waals surface area contributed by atoms with E-state index in [0.717, 1.165) is 16.0 Å². The van der Waals surface area contributed by atoms with Gasteiger partial charge in [0.1, 0.15) is 23.7 Å². The maximum absolute atomic E-state index is 13.5. The number of hydrogen-bond acceptors (Lipinski definition) is 7. The molecule has 4 rings (SSSR count). The fourth-order valence-corrected chi connectivity index (χ4v) is 5.66. The van der Waals surface area contributed by atoms with Crippen molar-refractivity contribution in [3.8, 4) is 0 Å². The lowest BCUT2D eigenvalue weighted by molar-refractivity contribution is -0.154. The zero-order valence-corrected chi connectivity index (χ0v) is 19.0. The Labute approximate surface area is 198 Å². The molecule has 176 valence electrons. The molecular formula is C24H22N2O7S. The molecule has 0 spiro atoms. The number of carbonyl (C=O) groups is 4. The van der Waals surface area contributed by atoms with E-state index >= 15 is 0 Å². The van der Waals surface area contributed by atoms with Gasteiger partial charge in [-0.25, -0.2) is 4.79 Å². The van der Waals surface area contributed by atoms with Gasteiger partial charge in [0.15, 0.2) is 6.10 Å². The van der Waals surface area contributed by atoms with Crippen molar-refractivity contribution in [1.29, 1.82) is 0 Å². The first-order chi connectivity index (χ1) is 16.4. The molecule has 9 nitrogen and oxygen atoms in total. The van der Waals surface area contributed by atoms with Crippen LogP contribution >= 0.6 is 0 Å². The molecule has 34 heavy (non-hydrogen) atoms. The van der Waals surface area contributed by atoms with Crippen molar-refractivity contribution >= 4 is 35.1 Å². The number of nitrogens with one attached hydrogen (secondary N) is 1. The van der Waals surface area contributed by atoms with Gasteiger partial charge in [0.25, 0.3) is 5.91 Å². The molecular weight excluding hydrogens is 460 g/mol. The number of carbonyl (C=O) groups excluding carboxylic acids is 4. The number of fused-ring (bicyclic) bond motifs is 1. The summed E-state index contributed by atoms with van der Waals surface area (Å²) < 4.78 is 23.8. The highest BCUT2D eigenvalue weighted by Crippen LogP contribution is 2.37. The van der Waals surface area contributed by atoms with E-state index in [0.29, 0.717) is 6.41 Å². The monoisotopic (exact) mass is 482 g/mol. The van der Waals surface area contributed by atoms with Crippen LogP contribution < -0.4 is 5.32 Å². The average molecular weight is 483 g/mol. The van der Waals surface area contributed by atoms with E-state index in [-0.39, 0.29) is 23.6 Å². The molecule has 1 saturated heterocycles. The summed E-state index contributed by atoms with van der Waals surface area (Å²) in [7, 11) is -1.62. The van der Waals surface area contributed by atoms with Gasteiger partial charge in [0.05, 0.1) is 16.6 Å². The molecule has 2 aromatic carbocycles. The zero-order chi connectivity index (χ0) is 24.2. The average Bonchev–Trinajstić information content (AvgIpc) is 2.85. The molecule has 0 saturated carbocycles. The molecule has 2 heterocycles. The molecule has 0 aromatic heterocycles. The summed E-state index contributed by atoms with van der Waals surface area (Å²) in [4.78, 5) is 49.7. The fourth-order valence-electron chi connectivity index (χ4n) is 3.98. The Morgan fingerprint density at radius 1 is 1.12 bits per heavy atom. The summed E-state index contributed by atoms with van der Waals surface area (Å²) in [6.07, 6.45) is -0.419.